The second-order valence-corrected chi connectivity index (χ2v) is 4.72. The second kappa shape index (κ2) is 5.28. The first-order chi connectivity index (χ1) is 9.74. The third-order valence-electron chi connectivity index (χ3n) is 3.45. The molecule has 0 aromatic carbocycles. The van der Waals surface area contributed by atoms with Crippen LogP contribution in [-0.2, 0) is 0 Å². The molecule has 7 heteroatoms. The molecule has 1 amide bonds. The highest BCUT2D eigenvalue weighted by Gasteiger charge is 2.27. The van der Waals surface area contributed by atoms with E-state index in [-0.39, 0.29) is 5.92 Å². The van der Waals surface area contributed by atoms with E-state index in [0.29, 0.717) is 43.3 Å². The number of pyridine rings is 1. The number of carboxylic acid groups (broad SMARTS) is 1. The first kappa shape index (κ1) is 12.6. The van der Waals surface area contributed by atoms with Gasteiger partial charge < -0.3 is 14.5 Å². The zero-order chi connectivity index (χ0) is 13.9. The molecule has 0 radical (unpaired) electrons. The highest BCUT2D eigenvalue weighted by molar-refractivity contribution is 5.65. The Morgan fingerprint density at radius 1 is 1.35 bits per heavy atom. The van der Waals surface area contributed by atoms with Crippen LogP contribution in [0.1, 0.15) is 24.7 Å². The van der Waals surface area contributed by atoms with Gasteiger partial charge in [-0.25, -0.2) is 4.79 Å². The van der Waals surface area contributed by atoms with Gasteiger partial charge in [0, 0.05) is 25.2 Å². The number of carbonyl (C=O) groups is 1. The van der Waals surface area contributed by atoms with Crippen molar-refractivity contribution in [2.24, 2.45) is 0 Å². The van der Waals surface area contributed by atoms with Crippen molar-refractivity contribution in [1.29, 1.82) is 0 Å². The Morgan fingerprint density at radius 2 is 2.15 bits per heavy atom. The highest BCUT2D eigenvalue weighted by atomic mass is 16.5. The number of amides is 1. The largest absolute Gasteiger partial charge is 0.465 e. The molecule has 104 valence electrons. The van der Waals surface area contributed by atoms with Crippen molar-refractivity contribution in [3.05, 3.63) is 30.3 Å². The van der Waals surface area contributed by atoms with Gasteiger partial charge in [-0.15, -0.1) is 0 Å². The number of piperidine rings is 1. The topological polar surface area (TPSA) is 92.3 Å². The van der Waals surface area contributed by atoms with Gasteiger partial charge in [0.15, 0.2) is 0 Å². The third-order valence-corrected chi connectivity index (χ3v) is 3.45. The molecule has 2 aromatic heterocycles. The first-order valence-electron chi connectivity index (χ1n) is 6.47. The number of rotatable bonds is 2. The van der Waals surface area contributed by atoms with Crippen LogP contribution in [0.4, 0.5) is 4.79 Å². The van der Waals surface area contributed by atoms with Gasteiger partial charge in [-0.3, -0.25) is 4.98 Å². The minimum atomic E-state index is -0.872. The smallest absolute Gasteiger partial charge is 0.407 e. The van der Waals surface area contributed by atoms with Gasteiger partial charge in [0.2, 0.25) is 11.7 Å². The van der Waals surface area contributed by atoms with Crippen LogP contribution in [0.5, 0.6) is 0 Å². The molecule has 0 saturated carbocycles. The van der Waals surface area contributed by atoms with Crippen molar-refractivity contribution in [3.63, 3.8) is 0 Å². The van der Waals surface area contributed by atoms with Gasteiger partial charge in [-0.2, -0.15) is 4.98 Å². The van der Waals surface area contributed by atoms with Gasteiger partial charge in [-0.05, 0) is 25.0 Å². The molecule has 0 aliphatic carbocycles. The Morgan fingerprint density at radius 3 is 2.80 bits per heavy atom. The summed E-state index contributed by atoms with van der Waals surface area (Å²) in [5, 5.41) is 12.9. The summed E-state index contributed by atoms with van der Waals surface area (Å²) in [5.41, 5.74) is 0.672. The monoisotopic (exact) mass is 274 g/mol. The van der Waals surface area contributed by atoms with Crippen molar-refractivity contribution in [1.82, 2.24) is 20.0 Å². The van der Waals surface area contributed by atoms with Crippen molar-refractivity contribution in [2.75, 3.05) is 13.1 Å². The summed E-state index contributed by atoms with van der Waals surface area (Å²) in [4.78, 5) is 20.8. The van der Waals surface area contributed by atoms with Crippen molar-refractivity contribution >= 4 is 6.09 Å². The number of hydrogen-bond acceptors (Lipinski definition) is 5. The maximum absolute atomic E-state index is 10.9. The summed E-state index contributed by atoms with van der Waals surface area (Å²) >= 11 is 0. The van der Waals surface area contributed by atoms with E-state index < -0.39 is 6.09 Å². The summed E-state index contributed by atoms with van der Waals surface area (Å²) in [6.45, 7) is 1.00. The van der Waals surface area contributed by atoms with Crippen molar-refractivity contribution in [2.45, 2.75) is 18.8 Å². The van der Waals surface area contributed by atoms with Gasteiger partial charge in [0.1, 0.15) is 5.69 Å². The zero-order valence-corrected chi connectivity index (χ0v) is 10.8. The Labute approximate surface area is 115 Å². The van der Waals surface area contributed by atoms with E-state index in [1.165, 1.54) is 4.90 Å². The molecule has 0 atom stereocenters. The van der Waals surface area contributed by atoms with Crippen LogP contribution >= 0.6 is 0 Å². The van der Waals surface area contributed by atoms with E-state index in [2.05, 4.69) is 15.1 Å². The lowest BCUT2D eigenvalue weighted by Gasteiger charge is -2.27. The molecule has 7 nitrogen and oxygen atoms in total. The molecule has 1 saturated heterocycles. The minimum Gasteiger partial charge on any atom is -0.465 e. The number of hydrogen-bond donors (Lipinski definition) is 1. The third kappa shape index (κ3) is 2.47. The van der Waals surface area contributed by atoms with Crippen LogP contribution in [0.25, 0.3) is 11.5 Å². The zero-order valence-electron chi connectivity index (χ0n) is 10.8. The first-order valence-corrected chi connectivity index (χ1v) is 6.47. The van der Waals surface area contributed by atoms with E-state index >= 15 is 0 Å². The molecule has 1 N–H and O–H groups in total. The lowest BCUT2D eigenvalue weighted by atomic mass is 9.97. The Balaban J connectivity index is 1.71. The van der Waals surface area contributed by atoms with Crippen molar-refractivity contribution in [3.8, 4) is 11.5 Å². The molecule has 3 heterocycles. The van der Waals surface area contributed by atoms with Gasteiger partial charge >= 0.3 is 6.09 Å². The molecule has 0 bridgehead atoms. The standard InChI is InChI=1S/C13H14N4O3/c18-13(19)17-7-4-9(5-8-17)12-15-11(16-20-12)10-3-1-2-6-14-10/h1-3,6,9H,4-5,7-8H2,(H,18,19). The lowest BCUT2D eigenvalue weighted by Crippen LogP contribution is -2.36. The van der Waals surface area contributed by atoms with E-state index in [1.807, 2.05) is 18.2 Å². The summed E-state index contributed by atoms with van der Waals surface area (Å²) in [7, 11) is 0. The van der Waals surface area contributed by atoms with E-state index in [0.717, 1.165) is 0 Å². The molecule has 1 aliphatic rings. The number of likely N-dealkylation sites (tertiary alicyclic amines) is 1. The van der Waals surface area contributed by atoms with Crippen LogP contribution in [0.2, 0.25) is 0 Å². The normalized spacial score (nSPS) is 16.3. The quantitative estimate of drug-likeness (QED) is 0.900. The molecular weight excluding hydrogens is 260 g/mol. The molecule has 0 unspecified atom stereocenters. The maximum Gasteiger partial charge on any atom is 0.407 e. The Hall–Kier alpha value is -2.44. The SMILES string of the molecule is O=C(O)N1CCC(c2nc(-c3ccccn3)no2)CC1. The van der Waals surface area contributed by atoms with Crippen LogP contribution < -0.4 is 0 Å². The predicted molar refractivity (Wildman–Crippen MR) is 69.1 cm³/mol. The van der Waals surface area contributed by atoms with Crippen LogP contribution in [0.15, 0.2) is 28.9 Å². The molecular formula is C13H14N4O3. The van der Waals surface area contributed by atoms with E-state index in [9.17, 15) is 4.79 Å². The Kier molecular flexibility index (Phi) is 3.32. The van der Waals surface area contributed by atoms with E-state index in [1.54, 1.807) is 6.20 Å². The van der Waals surface area contributed by atoms with Crippen LogP contribution in [-0.4, -0.2) is 44.3 Å². The van der Waals surface area contributed by atoms with Crippen molar-refractivity contribution < 1.29 is 14.4 Å². The molecule has 3 rings (SSSR count). The summed E-state index contributed by atoms with van der Waals surface area (Å²) < 4.78 is 5.29. The highest BCUT2D eigenvalue weighted by Crippen LogP contribution is 2.28. The fourth-order valence-corrected chi connectivity index (χ4v) is 2.32. The minimum absolute atomic E-state index is 0.121. The second-order valence-electron chi connectivity index (χ2n) is 4.72. The molecule has 1 aliphatic heterocycles. The molecule has 1 fully saturated rings. The predicted octanol–water partition coefficient (Wildman–Crippen LogP) is 1.99. The average Bonchev–Trinajstić information content (AvgIpc) is 2.98. The van der Waals surface area contributed by atoms with Crippen LogP contribution in [0, 0.1) is 0 Å². The summed E-state index contributed by atoms with van der Waals surface area (Å²) in [6.07, 6.45) is 2.21. The molecule has 20 heavy (non-hydrogen) atoms. The van der Waals surface area contributed by atoms with E-state index in [4.69, 9.17) is 9.63 Å². The molecule has 0 spiro atoms. The summed E-state index contributed by atoms with van der Waals surface area (Å²) in [6, 6.07) is 5.51. The van der Waals surface area contributed by atoms with Gasteiger partial charge in [-0.1, -0.05) is 11.2 Å². The summed E-state index contributed by atoms with van der Waals surface area (Å²) in [5.74, 6) is 1.16. The fraction of sp³-hybridized carbons (Fsp3) is 0.385. The maximum atomic E-state index is 10.9. The fourth-order valence-electron chi connectivity index (χ4n) is 2.32. The lowest BCUT2D eigenvalue weighted by molar-refractivity contribution is 0.128. The Bertz CT molecular complexity index is 591. The number of nitrogens with zero attached hydrogens (tertiary/aromatic N) is 4. The van der Waals surface area contributed by atoms with Gasteiger partial charge in [0.05, 0.1) is 0 Å². The van der Waals surface area contributed by atoms with Gasteiger partial charge in [0.25, 0.3) is 0 Å². The average molecular weight is 274 g/mol. The van der Waals surface area contributed by atoms with Crippen LogP contribution in [0.3, 0.4) is 0 Å². The number of aromatic nitrogens is 3. The molecule has 2 aromatic rings.